The number of esters is 1. The van der Waals surface area contributed by atoms with Gasteiger partial charge in [-0.3, -0.25) is 4.79 Å². The van der Waals surface area contributed by atoms with Crippen LogP contribution in [0.15, 0.2) is 0 Å². The molecule has 17 heavy (non-hydrogen) atoms. The van der Waals surface area contributed by atoms with Gasteiger partial charge in [0.25, 0.3) is 0 Å². The van der Waals surface area contributed by atoms with Gasteiger partial charge in [-0.2, -0.15) is 0 Å². The molecule has 0 radical (unpaired) electrons. The Balaban J connectivity index is 4.62. The van der Waals surface area contributed by atoms with Crippen LogP contribution >= 0.6 is 0 Å². The van der Waals surface area contributed by atoms with E-state index in [1.165, 1.54) is 6.92 Å². The minimum atomic E-state index is -3.54. The molecule has 0 aliphatic rings. The number of nitrogens with two attached hydrogens (primary N) is 1. The summed E-state index contributed by atoms with van der Waals surface area (Å²) in [5.41, 5.74) is 5.00. The highest BCUT2D eigenvalue weighted by Gasteiger charge is 2.30. The Labute approximate surface area is 104 Å². The lowest BCUT2D eigenvalue weighted by molar-refractivity contribution is -0.151. The average Bonchev–Trinajstić information content (AvgIpc) is 2.11. The van der Waals surface area contributed by atoms with Crippen molar-refractivity contribution < 1.29 is 17.9 Å². The molecule has 0 amide bonds. The van der Waals surface area contributed by atoms with Gasteiger partial charge in [0.1, 0.15) is 11.4 Å². The maximum atomic E-state index is 11.8. The van der Waals surface area contributed by atoms with Crippen molar-refractivity contribution in [2.45, 2.75) is 57.9 Å². The lowest BCUT2D eigenvalue weighted by Crippen LogP contribution is -2.41. The Hall–Kier alpha value is -0.620. The first kappa shape index (κ1) is 16.4. The van der Waals surface area contributed by atoms with Crippen LogP contribution in [-0.2, 0) is 19.4 Å². The topological polar surface area (TPSA) is 86.5 Å². The van der Waals surface area contributed by atoms with Crippen molar-refractivity contribution in [3.8, 4) is 0 Å². The summed E-state index contributed by atoms with van der Waals surface area (Å²) in [6, 6.07) is -0.456. The monoisotopic (exact) mass is 265 g/mol. The fourth-order valence-electron chi connectivity index (χ4n) is 1.26. The van der Waals surface area contributed by atoms with Crippen LogP contribution in [0.4, 0.5) is 0 Å². The molecule has 102 valence electrons. The SMILES string of the molecule is CCC(N)C(C)S(=O)(=O)CC(=O)OC(C)(C)C. The number of hydrogen-bond acceptors (Lipinski definition) is 5. The molecule has 5 nitrogen and oxygen atoms in total. The minimum absolute atomic E-state index is 0.456. The molecule has 0 aliphatic carbocycles. The molecule has 0 heterocycles. The summed E-state index contributed by atoms with van der Waals surface area (Å²) < 4.78 is 28.7. The van der Waals surface area contributed by atoms with Gasteiger partial charge in [-0.1, -0.05) is 6.92 Å². The predicted molar refractivity (Wildman–Crippen MR) is 67.4 cm³/mol. The molecule has 0 rings (SSSR count). The fourth-order valence-corrected chi connectivity index (χ4v) is 2.64. The molecule has 2 atom stereocenters. The normalized spacial score (nSPS) is 16.4. The fraction of sp³-hybridized carbons (Fsp3) is 0.909. The van der Waals surface area contributed by atoms with E-state index >= 15 is 0 Å². The number of carbonyl (C=O) groups excluding carboxylic acids is 1. The predicted octanol–water partition coefficient (Wildman–Crippen LogP) is 0.869. The molecule has 0 aliphatic heterocycles. The molecule has 0 aromatic carbocycles. The van der Waals surface area contributed by atoms with Gasteiger partial charge in [0.15, 0.2) is 9.84 Å². The molecule has 2 N–H and O–H groups in total. The van der Waals surface area contributed by atoms with E-state index in [0.29, 0.717) is 6.42 Å². The highest BCUT2D eigenvalue weighted by molar-refractivity contribution is 7.92. The van der Waals surface area contributed by atoms with Crippen LogP contribution in [0.5, 0.6) is 0 Å². The van der Waals surface area contributed by atoms with E-state index in [0.717, 1.165) is 0 Å². The summed E-state index contributed by atoms with van der Waals surface area (Å²) in [6.45, 7) is 8.41. The summed E-state index contributed by atoms with van der Waals surface area (Å²) in [5, 5.41) is -0.736. The summed E-state index contributed by atoms with van der Waals surface area (Å²) in [7, 11) is -3.54. The molecule has 0 saturated carbocycles. The first-order valence-corrected chi connectivity index (χ1v) is 7.40. The lowest BCUT2D eigenvalue weighted by atomic mass is 10.2. The summed E-state index contributed by atoms with van der Waals surface area (Å²) in [4.78, 5) is 11.4. The van der Waals surface area contributed by atoms with Crippen LogP contribution in [0.1, 0.15) is 41.0 Å². The molecular weight excluding hydrogens is 242 g/mol. The van der Waals surface area contributed by atoms with Gasteiger partial charge in [-0.15, -0.1) is 0 Å². The third kappa shape index (κ3) is 6.02. The number of rotatable bonds is 5. The van der Waals surface area contributed by atoms with Gasteiger partial charge < -0.3 is 10.5 Å². The van der Waals surface area contributed by atoms with Crippen molar-refractivity contribution in [1.82, 2.24) is 0 Å². The first-order chi connectivity index (χ1) is 7.49. The van der Waals surface area contributed by atoms with Crippen molar-refractivity contribution >= 4 is 15.8 Å². The Bertz CT molecular complexity index is 356. The van der Waals surface area contributed by atoms with E-state index in [2.05, 4.69) is 0 Å². The molecule has 0 aromatic heterocycles. The molecule has 0 fully saturated rings. The van der Waals surface area contributed by atoms with Gasteiger partial charge in [0.2, 0.25) is 0 Å². The number of ether oxygens (including phenoxy) is 1. The minimum Gasteiger partial charge on any atom is -0.459 e. The quantitative estimate of drug-likeness (QED) is 0.745. The zero-order valence-electron chi connectivity index (χ0n) is 11.2. The number of hydrogen-bond donors (Lipinski definition) is 1. The van der Waals surface area contributed by atoms with Crippen LogP contribution in [0.3, 0.4) is 0 Å². The van der Waals surface area contributed by atoms with Crippen LogP contribution in [-0.4, -0.2) is 37.0 Å². The van der Waals surface area contributed by atoms with Gasteiger partial charge >= 0.3 is 5.97 Å². The second-order valence-corrected chi connectivity index (χ2v) is 7.53. The van der Waals surface area contributed by atoms with Crippen molar-refractivity contribution in [2.75, 3.05) is 5.75 Å². The van der Waals surface area contributed by atoms with Crippen LogP contribution in [0, 0.1) is 0 Å². The average molecular weight is 265 g/mol. The molecule has 0 bridgehead atoms. The van der Waals surface area contributed by atoms with Crippen molar-refractivity contribution in [1.29, 1.82) is 0 Å². The summed E-state index contributed by atoms with van der Waals surface area (Å²) in [5.74, 6) is -1.34. The molecule has 0 aromatic rings. The zero-order valence-corrected chi connectivity index (χ0v) is 12.0. The Morgan fingerprint density at radius 2 is 1.82 bits per heavy atom. The largest absolute Gasteiger partial charge is 0.459 e. The van der Waals surface area contributed by atoms with E-state index in [1.807, 2.05) is 6.92 Å². The highest BCUT2D eigenvalue weighted by Crippen LogP contribution is 2.12. The third-order valence-corrected chi connectivity index (χ3v) is 4.50. The van der Waals surface area contributed by atoms with Crippen molar-refractivity contribution in [3.63, 3.8) is 0 Å². The second-order valence-electron chi connectivity index (χ2n) is 5.17. The maximum absolute atomic E-state index is 11.8. The molecule has 0 spiro atoms. The van der Waals surface area contributed by atoms with E-state index in [9.17, 15) is 13.2 Å². The number of sulfone groups is 1. The van der Waals surface area contributed by atoms with E-state index in [-0.39, 0.29) is 0 Å². The Morgan fingerprint density at radius 3 is 2.18 bits per heavy atom. The van der Waals surface area contributed by atoms with Gasteiger partial charge in [-0.05, 0) is 34.1 Å². The van der Waals surface area contributed by atoms with Gasteiger partial charge in [0, 0.05) is 6.04 Å². The van der Waals surface area contributed by atoms with Crippen molar-refractivity contribution in [2.24, 2.45) is 5.73 Å². The van der Waals surface area contributed by atoms with E-state index in [1.54, 1.807) is 20.8 Å². The Morgan fingerprint density at radius 1 is 1.35 bits per heavy atom. The number of carbonyl (C=O) groups is 1. The van der Waals surface area contributed by atoms with Crippen LogP contribution < -0.4 is 5.73 Å². The Kier molecular flexibility index (Phi) is 5.61. The standard InChI is InChI=1S/C11H23NO4S/c1-6-9(12)8(2)17(14,15)7-10(13)16-11(3,4)5/h8-9H,6-7,12H2,1-5H3. The molecule has 0 saturated heterocycles. The highest BCUT2D eigenvalue weighted by atomic mass is 32.2. The second kappa shape index (κ2) is 5.82. The first-order valence-electron chi connectivity index (χ1n) is 5.68. The van der Waals surface area contributed by atoms with Gasteiger partial charge in [0.05, 0.1) is 5.25 Å². The van der Waals surface area contributed by atoms with E-state index in [4.69, 9.17) is 10.5 Å². The molecular formula is C11H23NO4S. The van der Waals surface area contributed by atoms with Crippen LogP contribution in [0.25, 0.3) is 0 Å². The molecule has 6 heteroatoms. The van der Waals surface area contributed by atoms with Crippen molar-refractivity contribution in [3.05, 3.63) is 0 Å². The maximum Gasteiger partial charge on any atom is 0.321 e. The van der Waals surface area contributed by atoms with E-state index < -0.39 is 38.5 Å². The van der Waals surface area contributed by atoms with Crippen LogP contribution in [0.2, 0.25) is 0 Å². The molecule has 2 unspecified atom stereocenters. The third-order valence-electron chi connectivity index (χ3n) is 2.38. The smallest absolute Gasteiger partial charge is 0.321 e. The summed E-state index contributed by atoms with van der Waals surface area (Å²) >= 11 is 0. The zero-order chi connectivity index (χ0) is 13.9. The lowest BCUT2D eigenvalue weighted by Gasteiger charge is -2.22. The van der Waals surface area contributed by atoms with Gasteiger partial charge in [-0.25, -0.2) is 8.42 Å². The summed E-state index contributed by atoms with van der Waals surface area (Å²) in [6.07, 6.45) is 0.550.